The molecule has 0 aliphatic carbocycles. The van der Waals surface area contributed by atoms with Gasteiger partial charge in [-0.3, -0.25) is 4.79 Å². The Morgan fingerprint density at radius 3 is 2.09 bits per heavy atom. The van der Waals surface area contributed by atoms with E-state index in [-0.39, 0.29) is 57.8 Å². The summed E-state index contributed by atoms with van der Waals surface area (Å²) >= 11 is 0. The number of carbonyl (C=O) groups is 2. The SMILES string of the molecule is CCCCCCC(=O)OC(=O)[C@H](O)[C@@H](O)[C@H](O)[C@H](O)CO.[KH]. The minimum absolute atomic E-state index is 0. The van der Waals surface area contributed by atoms with Crippen LogP contribution < -0.4 is 0 Å². The Morgan fingerprint density at radius 1 is 1.00 bits per heavy atom. The summed E-state index contributed by atoms with van der Waals surface area (Å²) in [6.07, 6.45) is -4.64. The molecule has 126 valence electrons. The predicted molar refractivity (Wildman–Crippen MR) is 78.1 cm³/mol. The summed E-state index contributed by atoms with van der Waals surface area (Å²) in [7, 11) is 0. The maximum absolute atomic E-state index is 11.4. The van der Waals surface area contributed by atoms with Crippen molar-refractivity contribution in [3.8, 4) is 0 Å². The molecule has 0 saturated carbocycles. The summed E-state index contributed by atoms with van der Waals surface area (Å²) in [5, 5.41) is 45.9. The Balaban J connectivity index is 0. The first-order valence-electron chi connectivity index (χ1n) is 6.92. The molecule has 5 N–H and O–H groups in total. The van der Waals surface area contributed by atoms with Crippen LogP contribution in [0.5, 0.6) is 0 Å². The van der Waals surface area contributed by atoms with Gasteiger partial charge in [0.25, 0.3) is 0 Å². The number of aliphatic hydroxyl groups excluding tert-OH is 5. The molecular weight excluding hydrogens is 323 g/mol. The molecule has 0 saturated heterocycles. The monoisotopic (exact) mass is 348 g/mol. The summed E-state index contributed by atoms with van der Waals surface area (Å²) in [4.78, 5) is 22.7. The second-order valence-electron chi connectivity index (χ2n) is 4.78. The first-order chi connectivity index (χ1) is 9.84. The van der Waals surface area contributed by atoms with E-state index >= 15 is 0 Å². The fourth-order valence-electron chi connectivity index (χ4n) is 1.58. The fourth-order valence-corrected chi connectivity index (χ4v) is 1.58. The number of ether oxygens (including phenoxy) is 1. The van der Waals surface area contributed by atoms with Crippen LogP contribution in [0.4, 0.5) is 0 Å². The predicted octanol–water partition coefficient (Wildman–Crippen LogP) is -2.19. The number of hydrogen-bond donors (Lipinski definition) is 5. The molecule has 0 bridgehead atoms. The summed E-state index contributed by atoms with van der Waals surface area (Å²) in [5.41, 5.74) is 0. The maximum atomic E-state index is 11.4. The van der Waals surface area contributed by atoms with Crippen molar-refractivity contribution in [3.05, 3.63) is 0 Å². The molecule has 9 heteroatoms. The first-order valence-corrected chi connectivity index (χ1v) is 6.92. The van der Waals surface area contributed by atoms with Crippen LogP contribution in [0.3, 0.4) is 0 Å². The quantitative estimate of drug-likeness (QED) is 0.130. The molecule has 22 heavy (non-hydrogen) atoms. The molecule has 0 aliphatic rings. The number of esters is 2. The second kappa shape index (κ2) is 14.0. The van der Waals surface area contributed by atoms with E-state index in [1.54, 1.807) is 0 Å². The molecule has 0 rings (SSSR count). The molecule has 0 aliphatic heterocycles. The number of carbonyl (C=O) groups excluding carboxylic acids is 2. The standard InChI is InChI=1S/C13H24O8.K.H/c1-2-3-4-5-6-9(16)21-13(20)12(19)11(18)10(17)8(15)7-14;;/h8,10-12,14-15,17-19H,2-7H2,1H3;;/t8-,10-,11+,12-;;/m1../s1. The zero-order valence-corrected chi connectivity index (χ0v) is 12.0. The first kappa shape index (κ1) is 24.8. The van der Waals surface area contributed by atoms with E-state index in [0.29, 0.717) is 6.42 Å². The second-order valence-corrected chi connectivity index (χ2v) is 4.78. The zero-order valence-electron chi connectivity index (χ0n) is 12.0. The number of hydrogen-bond acceptors (Lipinski definition) is 8. The third-order valence-corrected chi connectivity index (χ3v) is 2.95. The molecule has 0 fully saturated rings. The molecular formula is C13H25KO8. The molecule has 0 aromatic heterocycles. The van der Waals surface area contributed by atoms with E-state index in [1.165, 1.54) is 0 Å². The topological polar surface area (TPSA) is 145 Å². The van der Waals surface area contributed by atoms with Gasteiger partial charge in [-0.1, -0.05) is 26.2 Å². The summed E-state index contributed by atoms with van der Waals surface area (Å²) < 4.78 is 4.33. The third-order valence-electron chi connectivity index (χ3n) is 2.95. The van der Waals surface area contributed by atoms with Crippen molar-refractivity contribution >= 4 is 63.3 Å². The Bertz CT molecular complexity index is 325. The number of aliphatic hydroxyl groups is 5. The van der Waals surface area contributed by atoms with E-state index in [4.69, 9.17) is 10.2 Å². The van der Waals surface area contributed by atoms with E-state index in [9.17, 15) is 24.9 Å². The van der Waals surface area contributed by atoms with Gasteiger partial charge >= 0.3 is 63.3 Å². The Morgan fingerprint density at radius 2 is 1.59 bits per heavy atom. The van der Waals surface area contributed by atoms with Crippen molar-refractivity contribution in [2.24, 2.45) is 0 Å². The van der Waals surface area contributed by atoms with Gasteiger partial charge in [0, 0.05) is 6.42 Å². The Hall–Kier alpha value is 0.576. The molecule has 0 heterocycles. The van der Waals surface area contributed by atoms with Gasteiger partial charge in [-0.05, 0) is 6.42 Å². The number of rotatable bonds is 10. The molecule has 0 aromatic rings. The van der Waals surface area contributed by atoms with Gasteiger partial charge in [0.05, 0.1) is 6.61 Å². The number of unbranched alkanes of at least 4 members (excludes halogenated alkanes) is 3. The van der Waals surface area contributed by atoms with Crippen LogP contribution in [0.25, 0.3) is 0 Å². The van der Waals surface area contributed by atoms with Gasteiger partial charge in [-0.25, -0.2) is 4.79 Å². The average Bonchev–Trinajstić information content (AvgIpc) is 2.48. The van der Waals surface area contributed by atoms with Crippen LogP contribution in [0.15, 0.2) is 0 Å². The molecule has 4 atom stereocenters. The van der Waals surface area contributed by atoms with Crippen LogP contribution in [-0.2, 0) is 14.3 Å². The minimum atomic E-state index is -2.19. The van der Waals surface area contributed by atoms with Crippen molar-refractivity contribution < 1.29 is 39.9 Å². The van der Waals surface area contributed by atoms with Gasteiger partial charge in [-0.2, -0.15) is 0 Å². The average molecular weight is 348 g/mol. The van der Waals surface area contributed by atoms with Crippen molar-refractivity contribution in [2.45, 2.75) is 63.4 Å². The molecule has 8 nitrogen and oxygen atoms in total. The van der Waals surface area contributed by atoms with E-state index < -0.39 is 43.0 Å². The van der Waals surface area contributed by atoms with E-state index in [1.807, 2.05) is 6.92 Å². The Kier molecular flexibility index (Phi) is 15.8. The van der Waals surface area contributed by atoms with Crippen molar-refractivity contribution in [2.75, 3.05) is 6.61 Å². The van der Waals surface area contributed by atoms with Crippen molar-refractivity contribution in [3.63, 3.8) is 0 Å². The van der Waals surface area contributed by atoms with Gasteiger partial charge in [0.2, 0.25) is 0 Å². The summed E-state index contributed by atoms with van der Waals surface area (Å²) in [6.45, 7) is 1.14. The molecule has 0 spiro atoms. The van der Waals surface area contributed by atoms with Crippen molar-refractivity contribution in [1.82, 2.24) is 0 Å². The van der Waals surface area contributed by atoms with Crippen molar-refractivity contribution in [1.29, 1.82) is 0 Å². The van der Waals surface area contributed by atoms with Gasteiger partial charge in [-0.15, -0.1) is 0 Å². The van der Waals surface area contributed by atoms with Crippen LogP contribution in [0.1, 0.15) is 39.0 Å². The van der Waals surface area contributed by atoms with E-state index in [0.717, 1.165) is 19.3 Å². The normalized spacial score (nSPS) is 16.1. The van der Waals surface area contributed by atoms with Gasteiger partial charge in [0.1, 0.15) is 18.3 Å². The fraction of sp³-hybridized carbons (Fsp3) is 0.846. The molecule has 0 unspecified atom stereocenters. The molecule has 0 radical (unpaired) electrons. The Labute approximate surface area is 171 Å². The summed E-state index contributed by atoms with van der Waals surface area (Å²) in [5.74, 6) is -2.24. The van der Waals surface area contributed by atoms with E-state index in [2.05, 4.69) is 4.74 Å². The van der Waals surface area contributed by atoms with Gasteiger partial charge in [0.15, 0.2) is 6.10 Å². The molecule has 0 amide bonds. The van der Waals surface area contributed by atoms with Crippen LogP contribution in [-0.4, -0.2) is 120 Å². The summed E-state index contributed by atoms with van der Waals surface area (Å²) in [6, 6.07) is 0. The van der Waals surface area contributed by atoms with Gasteiger partial charge < -0.3 is 30.3 Å². The van der Waals surface area contributed by atoms with Crippen LogP contribution in [0.2, 0.25) is 0 Å². The third kappa shape index (κ3) is 9.66. The molecule has 0 aromatic carbocycles. The van der Waals surface area contributed by atoms with Crippen LogP contribution >= 0.6 is 0 Å². The van der Waals surface area contributed by atoms with Crippen LogP contribution in [0, 0.1) is 0 Å². The zero-order chi connectivity index (χ0) is 16.4.